The smallest absolute Gasteiger partial charge is 0.273 e. The van der Waals surface area contributed by atoms with E-state index in [9.17, 15) is 9.18 Å². The van der Waals surface area contributed by atoms with E-state index in [4.69, 9.17) is 5.73 Å². The van der Waals surface area contributed by atoms with Crippen LogP contribution < -0.4 is 5.73 Å². The molecule has 0 spiro atoms. The highest BCUT2D eigenvalue weighted by atomic mass is 35.5. The van der Waals surface area contributed by atoms with Crippen LogP contribution in [0.4, 0.5) is 4.39 Å². The van der Waals surface area contributed by atoms with Gasteiger partial charge in [-0.05, 0) is 24.0 Å². The Morgan fingerprint density at radius 1 is 1.31 bits per heavy atom. The van der Waals surface area contributed by atoms with Crippen molar-refractivity contribution in [3.05, 3.63) is 51.7 Å². The highest BCUT2D eigenvalue weighted by molar-refractivity contribution is 7.09. The summed E-state index contributed by atoms with van der Waals surface area (Å²) in [5, 5.41) is 2.47. The van der Waals surface area contributed by atoms with Gasteiger partial charge >= 0.3 is 0 Å². The highest BCUT2D eigenvalue weighted by Gasteiger charge is 2.17. The molecule has 0 bridgehead atoms. The summed E-state index contributed by atoms with van der Waals surface area (Å²) < 4.78 is 13.7. The zero-order valence-corrected chi connectivity index (χ0v) is 17.6. The molecule has 146 valence electrons. The molecule has 1 atom stereocenters. The number of hydrogen-bond acceptors (Lipinski definition) is 4. The van der Waals surface area contributed by atoms with Crippen molar-refractivity contribution in [2.75, 3.05) is 13.6 Å². The summed E-state index contributed by atoms with van der Waals surface area (Å²) in [4.78, 5) is 18.4. The standard InChI is InChI=1S/C18H24FN3OS.2ClH/c1-12(2)15(20)8-9-22(3)18(23)16-11-24-17(21-16)10-13-6-4-5-7-14(13)19;;/h4-7,11-12,15H,8-10,20H2,1-3H3;2*1H. The fourth-order valence-electron chi connectivity index (χ4n) is 2.27. The van der Waals surface area contributed by atoms with E-state index in [1.54, 1.807) is 35.5 Å². The number of nitrogens with zero attached hydrogens (tertiary/aromatic N) is 2. The molecule has 0 radical (unpaired) electrons. The summed E-state index contributed by atoms with van der Waals surface area (Å²) in [7, 11) is 1.76. The zero-order chi connectivity index (χ0) is 17.7. The number of rotatable bonds is 7. The largest absolute Gasteiger partial charge is 0.340 e. The molecule has 2 aromatic rings. The number of nitrogens with two attached hydrogens (primary N) is 1. The van der Waals surface area contributed by atoms with Crippen LogP contribution in [0.15, 0.2) is 29.6 Å². The molecule has 0 aliphatic heterocycles. The van der Waals surface area contributed by atoms with Gasteiger partial charge in [0.15, 0.2) is 0 Å². The molecule has 0 aliphatic rings. The molecule has 2 N–H and O–H groups in total. The van der Waals surface area contributed by atoms with E-state index < -0.39 is 0 Å². The lowest BCUT2D eigenvalue weighted by Crippen LogP contribution is -2.34. The average Bonchev–Trinajstić information content (AvgIpc) is 3.02. The highest BCUT2D eigenvalue weighted by Crippen LogP contribution is 2.18. The minimum absolute atomic E-state index is 0. The van der Waals surface area contributed by atoms with Gasteiger partial charge in [0.1, 0.15) is 11.5 Å². The first-order chi connectivity index (χ1) is 11.4. The lowest BCUT2D eigenvalue weighted by Gasteiger charge is -2.20. The molecular formula is C18H26Cl2FN3OS. The van der Waals surface area contributed by atoms with Gasteiger partial charge in [0.25, 0.3) is 5.91 Å². The van der Waals surface area contributed by atoms with Crippen molar-refractivity contribution in [1.82, 2.24) is 9.88 Å². The van der Waals surface area contributed by atoms with Crippen LogP contribution in [0.2, 0.25) is 0 Å². The maximum Gasteiger partial charge on any atom is 0.273 e. The molecule has 2 rings (SSSR count). The Kier molecular flexibility index (Phi) is 11.0. The van der Waals surface area contributed by atoms with Gasteiger partial charge in [-0.15, -0.1) is 36.2 Å². The molecule has 1 aromatic carbocycles. The van der Waals surface area contributed by atoms with Crippen molar-refractivity contribution in [2.24, 2.45) is 11.7 Å². The van der Waals surface area contributed by atoms with Gasteiger partial charge in [-0.2, -0.15) is 0 Å². The van der Waals surface area contributed by atoms with Crippen LogP contribution in [-0.2, 0) is 6.42 Å². The summed E-state index contributed by atoms with van der Waals surface area (Å²) in [6, 6.07) is 6.70. The first-order valence-corrected chi connectivity index (χ1v) is 8.95. The fourth-order valence-corrected chi connectivity index (χ4v) is 3.06. The van der Waals surface area contributed by atoms with Crippen LogP contribution in [0.3, 0.4) is 0 Å². The molecule has 0 aliphatic carbocycles. The molecule has 4 nitrogen and oxygen atoms in total. The van der Waals surface area contributed by atoms with Crippen LogP contribution in [0.5, 0.6) is 0 Å². The third-order valence-electron chi connectivity index (χ3n) is 4.07. The van der Waals surface area contributed by atoms with Crippen molar-refractivity contribution >= 4 is 42.1 Å². The number of carbonyl (C=O) groups is 1. The summed E-state index contributed by atoms with van der Waals surface area (Å²) in [5.74, 6) is 0.0162. The molecule has 1 unspecified atom stereocenters. The third kappa shape index (κ3) is 6.83. The number of thiazole rings is 1. The van der Waals surface area contributed by atoms with Crippen LogP contribution in [0.25, 0.3) is 0 Å². The Hall–Kier alpha value is -1.21. The molecular weight excluding hydrogens is 396 g/mol. The molecule has 0 saturated carbocycles. The Labute approximate surface area is 170 Å². The van der Waals surface area contributed by atoms with Crippen LogP contribution in [0, 0.1) is 11.7 Å². The summed E-state index contributed by atoms with van der Waals surface area (Å²) in [5.41, 5.74) is 7.02. The zero-order valence-electron chi connectivity index (χ0n) is 15.1. The SMILES string of the molecule is CC(C)C(N)CCN(C)C(=O)c1csc(Cc2ccccc2F)n1.Cl.Cl. The molecule has 0 saturated heterocycles. The van der Waals surface area contributed by atoms with E-state index in [1.165, 1.54) is 17.4 Å². The van der Waals surface area contributed by atoms with Crippen LogP contribution >= 0.6 is 36.2 Å². The van der Waals surface area contributed by atoms with Crippen molar-refractivity contribution in [2.45, 2.75) is 32.7 Å². The van der Waals surface area contributed by atoms with E-state index in [1.807, 2.05) is 0 Å². The van der Waals surface area contributed by atoms with Gasteiger partial charge in [-0.3, -0.25) is 4.79 Å². The van der Waals surface area contributed by atoms with E-state index in [0.717, 1.165) is 11.4 Å². The van der Waals surface area contributed by atoms with Gasteiger partial charge in [0, 0.05) is 31.4 Å². The molecule has 1 aromatic heterocycles. The first kappa shape index (κ1) is 24.8. The van der Waals surface area contributed by atoms with Crippen molar-refractivity contribution in [3.63, 3.8) is 0 Å². The lowest BCUT2D eigenvalue weighted by atomic mass is 10.0. The Morgan fingerprint density at radius 3 is 2.58 bits per heavy atom. The molecule has 1 heterocycles. The quantitative estimate of drug-likeness (QED) is 0.729. The minimum Gasteiger partial charge on any atom is -0.340 e. The van der Waals surface area contributed by atoms with Crippen LogP contribution in [0.1, 0.15) is 41.3 Å². The van der Waals surface area contributed by atoms with E-state index in [2.05, 4.69) is 18.8 Å². The summed E-state index contributed by atoms with van der Waals surface area (Å²) in [6.07, 6.45) is 1.15. The predicted octanol–water partition coefficient (Wildman–Crippen LogP) is 4.16. The maximum atomic E-state index is 13.7. The van der Waals surface area contributed by atoms with Crippen molar-refractivity contribution in [1.29, 1.82) is 0 Å². The Morgan fingerprint density at radius 2 is 1.96 bits per heavy atom. The van der Waals surface area contributed by atoms with Gasteiger partial charge in [-0.1, -0.05) is 32.0 Å². The number of benzene rings is 1. The minimum atomic E-state index is -0.250. The number of halogens is 3. The second kappa shape index (κ2) is 11.5. The van der Waals surface area contributed by atoms with Crippen LogP contribution in [-0.4, -0.2) is 35.4 Å². The average molecular weight is 422 g/mol. The molecule has 26 heavy (non-hydrogen) atoms. The molecule has 1 amide bonds. The Bertz CT molecular complexity index is 697. The van der Waals surface area contributed by atoms with Crippen molar-refractivity contribution < 1.29 is 9.18 Å². The van der Waals surface area contributed by atoms with Gasteiger partial charge in [-0.25, -0.2) is 9.37 Å². The van der Waals surface area contributed by atoms with E-state index in [0.29, 0.717) is 30.1 Å². The number of hydrogen-bond donors (Lipinski definition) is 1. The normalized spacial score (nSPS) is 11.5. The third-order valence-corrected chi connectivity index (χ3v) is 4.92. The lowest BCUT2D eigenvalue weighted by molar-refractivity contribution is 0.0784. The van der Waals surface area contributed by atoms with E-state index in [-0.39, 0.29) is 42.6 Å². The Balaban J connectivity index is 0.00000312. The second-order valence-corrected chi connectivity index (χ2v) is 7.26. The number of carbonyl (C=O) groups excluding carboxylic acids is 1. The van der Waals surface area contributed by atoms with Crippen molar-refractivity contribution in [3.8, 4) is 0 Å². The molecule has 8 heteroatoms. The topological polar surface area (TPSA) is 59.2 Å². The fraction of sp³-hybridized carbons (Fsp3) is 0.444. The van der Waals surface area contributed by atoms with Gasteiger partial charge < -0.3 is 10.6 Å². The predicted molar refractivity (Wildman–Crippen MR) is 110 cm³/mol. The number of amides is 1. The second-order valence-electron chi connectivity index (χ2n) is 6.32. The summed E-state index contributed by atoms with van der Waals surface area (Å²) in [6.45, 7) is 4.74. The van der Waals surface area contributed by atoms with Gasteiger partial charge in [0.05, 0.1) is 5.01 Å². The molecule has 0 fully saturated rings. The maximum absolute atomic E-state index is 13.7. The summed E-state index contributed by atoms with van der Waals surface area (Å²) >= 11 is 1.38. The van der Waals surface area contributed by atoms with E-state index >= 15 is 0 Å². The first-order valence-electron chi connectivity index (χ1n) is 8.07. The van der Waals surface area contributed by atoms with Gasteiger partial charge in [0.2, 0.25) is 0 Å². The number of aromatic nitrogens is 1. The monoisotopic (exact) mass is 421 g/mol.